The highest BCUT2D eigenvalue weighted by Gasteiger charge is 2.31. The molecule has 4 rings (SSSR count). The highest BCUT2D eigenvalue weighted by Crippen LogP contribution is 2.30. The minimum atomic E-state index is -0.114. The van der Waals surface area contributed by atoms with Gasteiger partial charge in [0, 0.05) is 36.6 Å². The Bertz CT molecular complexity index is 843. The van der Waals surface area contributed by atoms with Gasteiger partial charge in [0.25, 0.3) is 0 Å². The van der Waals surface area contributed by atoms with Crippen molar-refractivity contribution in [1.82, 2.24) is 20.2 Å². The molecule has 1 aromatic carbocycles. The van der Waals surface area contributed by atoms with Gasteiger partial charge in [-0.25, -0.2) is 9.97 Å². The molecule has 154 valence electrons. The summed E-state index contributed by atoms with van der Waals surface area (Å²) in [4.78, 5) is 23.2. The number of nitrogens with zero attached hydrogens (tertiary/aromatic N) is 3. The fraction of sp³-hybridized carbons (Fsp3) is 0.476. The monoisotopic (exact) mass is 398 g/mol. The third-order valence-corrected chi connectivity index (χ3v) is 5.28. The Kier molecular flexibility index (Phi) is 6.21. The number of aromatic nitrogens is 2. The van der Waals surface area contributed by atoms with Crippen molar-refractivity contribution in [2.75, 3.05) is 40.0 Å². The molecule has 1 atom stereocenters. The summed E-state index contributed by atoms with van der Waals surface area (Å²) in [6.45, 7) is 3.51. The number of rotatable bonds is 2. The van der Waals surface area contributed by atoms with Crippen LogP contribution in [0.1, 0.15) is 18.4 Å². The van der Waals surface area contributed by atoms with Crippen molar-refractivity contribution in [2.24, 2.45) is 0 Å². The summed E-state index contributed by atoms with van der Waals surface area (Å²) in [7, 11) is 1.54. The van der Waals surface area contributed by atoms with Crippen LogP contribution in [0.3, 0.4) is 0 Å². The maximum absolute atomic E-state index is 12.6. The molecule has 0 aliphatic carbocycles. The van der Waals surface area contributed by atoms with Gasteiger partial charge in [-0.1, -0.05) is 6.07 Å². The molecule has 1 fully saturated rings. The van der Waals surface area contributed by atoms with Crippen LogP contribution >= 0.6 is 0 Å². The van der Waals surface area contributed by atoms with Crippen LogP contribution in [0.25, 0.3) is 11.1 Å². The van der Waals surface area contributed by atoms with Crippen LogP contribution in [0.15, 0.2) is 30.6 Å². The second-order valence-electron chi connectivity index (χ2n) is 7.16. The quantitative estimate of drug-likeness (QED) is 0.823. The number of methoxy groups -OCH3 is 1. The summed E-state index contributed by atoms with van der Waals surface area (Å²) >= 11 is 0. The largest absolute Gasteiger partial charge is 0.491 e. The Morgan fingerprint density at radius 3 is 2.86 bits per heavy atom. The van der Waals surface area contributed by atoms with Crippen molar-refractivity contribution in [1.29, 1.82) is 0 Å². The lowest BCUT2D eigenvalue weighted by molar-refractivity contribution is -0.125. The molecule has 3 heterocycles. The topological polar surface area (TPSA) is 85.8 Å². The molecule has 29 heavy (non-hydrogen) atoms. The molecule has 2 aromatic rings. The van der Waals surface area contributed by atoms with Crippen LogP contribution in [-0.4, -0.2) is 66.8 Å². The van der Waals surface area contributed by atoms with E-state index in [1.165, 1.54) is 0 Å². The first-order valence-corrected chi connectivity index (χ1v) is 9.96. The average Bonchev–Trinajstić information content (AvgIpc) is 3.21. The lowest BCUT2D eigenvalue weighted by Gasteiger charge is -2.24. The standard InChI is InChI=1S/C21H26N4O4/c1-27-21-23-12-17(13-24-21)15-4-5-19-16(11-15)14-25-7-2-3-18(25)20(26)22-6-8-28-9-10-29-19/h4-5,11-13,18H,2-3,6-10,14H2,1H3,(H,22,26)/t18-/m0/s1. The van der Waals surface area contributed by atoms with Crippen LogP contribution in [0, 0.1) is 0 Å². The summed E-state index contributed by atoms with van der Waals surface area (Å²) < 4.78 is 16.6. The third kappa shape index (κ3) is 4.65. The van der Waals surface area contributed by atoms with E-state index in [-0.39, 0.29) is 11.9 Å². The fourth-order valence-corrected chi connectivity index (χ4v) is 3.80. The zero-order valence-corrected chi connectivity index (χ0v) is 16.6. The van der Waals surface area contributed by atoms with E-state index in [1.807, 2.05) is 12.1 Å². The smallest absolute Gasteiger partial charge is 0.316 e. The third-order valence-electron chi connectivity index (χ3n) is 5.28. The normalized spacial score (nSPS) is 20.9. The minimum Gasteiger partial charge on any atom is -0.491 e. The van der Waals surface area contributed by atoms with Gasteiger partial charge in [-0.3, -0.25) is 9.69 Å². The number of hydrogen-bond acceptors (Lipinski definition) is 7. The zero-order valence-electron chi connectivity index (χ0n) is 16.6. The van der Waals surface area contributed by atoms with E-state index >= 15 is 0 Å². The first kappa shape index (κ1) is 19.6. The van der Waals surface area contributed by atoms with Gasteiger partial charge in [-0.05, 0) is 37.1 Å². The van der Waals surface area contributed by atoms with Crippen LogP contribution in [0.5, 0.6) is 11.8 Å². The van der Waals surface area contributed by atoms with E-state index in [4.69, 9.17) is 14.2 Å². The summed E-state index contributed by atoms with van der Waals surface area (Å²) in [6, 6.07) is 6.28. The molecule has 1 amide bonds. The van der Waals surface area contributed by atoms with Crippen molar-refractivity contribution in [3.63, 3.8) is 0 Å². The molecular formula is C21H26N4O4. The average molecular weight is 398 g/mol. The Balaban J connectivity index is 1.63. The Hall–Kier alpha value is -2.71. The van der Waals surface area contributed by atoms with E-state index in [0.29, 0.717) is 38.9 Å². The van der Waals surface area contributed by atoms with Crippen LogP contribution in [0.4, 0.5) is 0 Å². The van der Waals surface area contributed by atoms with E-state index in [9.17, 15) is 4.79 Å². The van der Waals surface area contributed by atoms with E-state index < -0.39 is 0 Å². The van der Waals surface area contributed by atoms with Gasteiger partial charge in [-0.2, -0.15) is 0 Å². The van der Waals surface area contributed by atoms with Crippen molar-refractivity contribution >= 4 is 5.91 Å². The number of benzene rings is 1. The molecular weight excluding hydrogens is 372 g/mol. The molecule has 1 N–H and O–H groups in total. The SMILES string of the molecule is COc1ncc(-c2ccc3c(c2)CN2CCC[C@H]2C(=O)NCCOCCO3)cn1. The van der Waals surface area contributed by atoms with Crippen molar-refractivity contribution < 1.29 is 19.0 Å². The predicted octanol–water partition coefficient (Wildman–Crippen LogP) is 1.64. The molecule has 0 saturated carbocycles. The second-order valence-corrected chi connectivity index (χ2v) is 7.16. The number of fused-ring (bicyclic) bond motifs is 2. The van der Waals surface area contributed by atoms with Gasteiger partial charge in [-0.15, -0.1) is 0 Å². The summed E-state index contributed by atoms with van der Waals surface area (Å²) in [5.41, 5.74) is 2.93. The van der Waals surface area contributed by atoms with Crippen molar-refractivity contribution in [3.05, 3.63) is 36.2 Å². The maximum atomic E-state index is 12.6. The van der Waals surface area contributed by atoms with E-state index in [0.717, 1.165) is 41.8 Å². The minimum absolute atomic E-state index is 0.0764. The zero-order chi connectivity index (χ0) is 20.1. The lowest BCUT2D eigenvalue weighted by Crippen LogP contribution is -2.43. The number of carbonyl (C=O) groups excluding carboxylic acids is 1. The van der Waals surface area contributed by atoms with Crippen LogP contribution in [0.2, 0.25) is 0 Å². The summed E-state index contributed by atoms with van der Waals surface area (Å²) in [6.07, 6.45) is 5.37. The van der Waals surface area contributed by atoms with Gasteiger partial charge in [0.05, 0.1) is 26.4 Å². The lowest BCUT2D eigenvalue weighted by atomic mass is 10.0. The molecule has 1 saturated heterocycles. The molecule has 0 bridgehead atoms. The number of hydrogen-bond donors (Lipinski definition) is 1. The van der Waals surface area contributed by atoms with Crippen molar-refractivity contribution in [3.8, 4) is 22.9 Å². The molecule has 8 heteroatoms. The molecule has 0 radical (unpaired) electrons. The second kappa shape index (κ2) is 9.19. The first-order chi connectivity index (χ1) is 14.2. The van der Waals surface area contributed by atoms with Gasteiger partial charge in [0.2, 0.25) is 5.91 Å². The number of nitrogens with one attached hydrogen (secondary N) is 1. The van der Waals surface area contributed by atoms with Crippen LogP contribution < -0.4 is 14.8 Å². The molecule has 2 aliphatic rings. The predicted molar refractivity (Wildman–Crippen MR) is 107 cm³/mol. The Morgan fingerprint density at radius 2 is 2.03 bits per heavy atom. The van der Waals surface area contributed by atoms with Crippen molar-refractivity contribution in [2.45, 2.75) is 25.4 Å². The molecule has 0 spiro atoms. The Morgan fingerprint density at radius 1 is 1.17 bits per heavy atom. The number of carbonyl (C=O) groups is 1. The number of ether oxygens (including phenoxy) is 3. The number of amides is 1. The van der Waals surface area contributed by atoms with E-state index in [2.05, 4.69) is 26.3 Å². The molecule has 1 aromatic heterocycles. The van der Waals surface area contributed by atoms with Gasteiger partial charge < -0.3 is 19.5 Å². The highest BCUT2D eigenvalue weighted by atomic mass is 16.5. The summed E-state index contributed by atoms with van der Waals surface area (Å²) in [5.74, 6) is 0.893. The van der Waals surface area contributed by atoms with Gasteiger partial charge >= 0.3 is 6.01 Å². The van der Waals surface area contributed by atoms with Gasteiger partial charge in [0.1, 0.15) is 12.4 Å². The first-order valence-electron chi connectivity index (χ1n) is 9.96. The van der Waals surface area contributed by atoms with Crippen LogP contribution in [-0.2, 0) is 16.1 Å². The molecule has 2 aliphatic heterocycles. The molecule has 8 nitrogen and oxygen atoms in total. The Labute approximate surface area is 170 Å². The van der Waals surface area contributed by atoms with E-state index in [1.54, 1.807) is 19.5 Å². The molecule has 0 unspecified atom stereocenters. The fourth-order valence-electron chi connectivity index (χ4n) is 3.80. The maximum Gasteiger partial charge on any atom is 0.316 e. The highest BCUT2D eigenvalue weighted by molar-refractivity contribution is 5.82. The summed E-state index contributed by atoms with van der Waals surface area (Å²) in [5, 5.41) is 2.99. The van der Waals surface area contributed by atoms with Gasteiger partial charge in [0.15, 0.2) is 0 Å².